The van der Waals surface area contributed by atoms with E-state index >= 15 is 0 Å². The molecule has 4 bridgehead atoms. The summed E-state index contributed by atoms with van der Waals surface area (Å²) in [5.74, 6) is 1.87. The lowest BCUT2D eigenvalue weighted by molar-refractivity contribution is -0.179. The fourth-order valence-corrected chi connectivity index (χ4v) is 8.57. The lowest BCUT2D eigenvalue weighted by atomic mass is 9.51. The van der Waals surface area contributed by atoms with E-state index in [-0.39, 0.29) is 36.3 Å². The molecule has 3 heterocycles. The highest BCUT2D eigenvalue weighted by molar-refractivity contribution is 5.28. The van der Waals surface area contributed by atoms with Gasteiger partial charge in [-0.25, -0.2) is 0 Å². The van der Waals surface area contributed by atoms with Crippen molar-refractivity contribution >= 4 is 0 Å². The van der Waals surface area contributed by atoms with Crippen LogP contribution < -0.4 is 10.1 Å². The summed E-state index contributed by atoms with van der Waals surface area (Å²) in [6.07, 6.45) is 13.3. The largest absolute Gasteiger partial charge is 0.497 e. The summed E-state index contributed by atoms with van der Waals surface area (Å²) in [6, 6.07) is 8.22. The van der Waals surface area contributed by atoms with Gasteiger partial charge in [0, 0.05) is 11.5 Å². The van der Waals surface area contributed by atoms with E-state index in [1.165, 1.54) is 51.4 Å². The number of nitrogens with zero attached hydrogens (tertiary/aromatic N) is 1. The van der Waals surface area contributed by atoms with Crippen LogP contribution in [-0.2, 0) is 11.3 Å². The maximum atomic E-state index is 11.1. The summed E-state index contributed by atoms with van der Waals surface area (Å²) in [4.78, 5) is 2.71. The molecule has 4 fully saturated rings. The Labute approximate surface area is 217 Å². The van der Waals surface area contributed by atoms with E-state index < -0.39 is 0 Å². The molecule has 202 valence electrons. The third-order valence-electron chi connectivity index (χ3n) is 10.1. The Balaban J connectivity index is 1.46. The first-order chi connectivity index (χ1) is 17.7. The van der Waals surface area contributed by atoms with Crippen molar-refractivity contribution < 1.29 is 19.7 Å². The number of hydrogen-bond acceptors (Lipinski definition) is 6. The number of ether oxygens (including phenoxy) is 2. The molecule has 6 atom stereocenters. The first-order valence-electron chi connectivity index (χ1n) is 14.6. The lowest BCUT2D eigenvalue weighted by Gasteiger charge is -2.64. The van der Waals surface area contributed by atoms with Crippen molar-refractivity contribution in [2.45, 2.75) is 94.9 Å². The van der Waals surface area contributed by atoms with Crippen LogP contribution in [0.3, 0.4) is 0 Å². The molecule has 6 nitrogen and oxygen atoms in total. The fourth-order valence-electron chi connectivity index (χ4n) is 8.57. The van der Waals surface area contributed by atoms with Crippen LogP contribution in [0, 0.1) is 17.3 Å². The summed E-state index contributed by atoms with van der Waals surface area (Å²) in [7, 11) is 1.68. The zero-order valence-corrected chi connectivity index (χ0v) is 22.3. The third kappa shape index (κ3) is 4.84. The van der Waals surface area contributed by atoms with E-state index in [1.807, 2.05) is 24.3 Å². The van der Waals surface area contributed by atoms with Gasteiger partial charge in [-0.15, -0.1) is 0 Å². The molecule has 0 unspecified atom stereocenters. The Bertz CT molecular complexity index is 835. The molecule has 0 radical (unpaired) electrons. The highest BCUT2D eigenvalue weighted by Gasteiger charge is 2.69. The maximum Gasteiger partial charge on any atom is 0.118 e. The Kier molecular flexibility index (Phi) is 8.58. The van der Waals surface area contributed by atoms with Gasteiger partial charge in [0.25, 0.3) is 0 Å². The topological polar surface area (TPSA) is 74.2 Å². The van der Waals surface area contributed by atoms with Crippen LogP contribution in [0.25, 0.3) is 0 Å². The van der Waals surface area contributed by atoms with Gasteiger partial charge in [-0.1, -0.05) is 57.1 Å². The Morgan fingerprint density at radius 2 is 1.72 bits per heavy atom. The first kappa shape index (κ1) is 26.4. The van der Waals surface area contributed by atoms with E-state index in [9.17, 15) is 10.2 Å². The molecule has 3 saturated heterocycles. The van der Waals surface area contributed by atoms with Gasteiger partial charge in [0.05, 0.1) is 32.5 Å². The van der Waals surface area contributed by atoms with E-state index in [2.05, 4.69) is 10.2 Å². The lowest BCUT2D eigenvalue weighted by Crippen LogP contribution is -2.78. The number of methoxy groups -OCH3 is 1. The molecular weight excluding hydrogens is 452 g/mol. The minimum Gasteiger partial charge on any atom is -0.497 e. The van der Waals surface area contributed by atoms with E-state index in [4.69, 9.17) is 9.47 Å². The van der Waals surface area contributed by atoms with Crippen molar-refractivity contribution in [3.8, 4) is 5.75 Å². The molecule has 1 aliphatic carbocycles. The summed E-state index contributed by atoms with van der Waals surface area (Å²) >= 11 is 0. The second-order valence-corrected chi connectivity index (χ2v) is 12.0. The van der Waals surface area contributed by atoms with Crippen LogP contribution in [0.1, 0.15) is 76.2 Å². The molecule has 0 spiro atoms. The zero-order valence-electron chi connectivity index (χ0n) is 22.3. The minimum atomic E-state index is -0.314. The standard InChI is InChI=1S/C30H48N2O4/c1-35-25-12-10-23(11-13-25)21-36-27(20-33)30-26-14-17-32-16-9-7-5-3-2-4-6-8-15-29(22-34,28(30)32)18-24(26)19-31-30/h10-13,24,26-28,31,33-34H,2-9,14-22H2,1H3/t24-,26-,27+,28-,29+,30+/m0/s1. The minimum absolute atomic E-state index is 0.00176. The fraction of sp³-hybridized carbons (Fsp3) is 0.800. The van der Waals surface area contributed by atoms with Crippen molar-refractivity contribution in [2.24, 2.45) is 17.3 Å². The second kappa shape index (κ2) is 11.7. The van der Waals surface area contributed by atoms with Gasteiger partial charge in [-0.3, -0.25) is 4.90 Å². The van der Waals surface area contributed by atoms with Gasteiger partial charge < -0.3 is 25.0 Å². The molecule has 6 heteroatoms. The molecular formula is C30H48N2O4. The second-order valence-electron chi connectivity index (χ2n) is 12.0. The number of benzene rings is 1. The maximum absolute atomic E-state index is 11.1. The van der Waals surface area contributed by atoms with Crippen LogP contribution in [0.5, 0.6) is 5.75 Å². The summed E-state index contributed by atoms with van der Waals surface area (Å²) < 4.78 is 11.9. The normalized spacial score (nSPS) is 36.4. The molecule has 36 heavy (non-hydrogen) atoms. The molecule has 5 rings (SSSR count). The average molecular weight is 501 g/mol. The van der Waals surface area contributed by atoms with Gasteiger partial charge in [0.2, 0.25) is 0 Å². The molecule has 4 aliphatic rings. The van der Waals surface area contributed by atoms with Crippen LogP contribution in [-0.4, -0.2) is 72.8 Å². The number of aliphatic hydroxyl groups excluding tert-OH is 2. The Hall–Kier alpha value is -1.18. The summed E-state index contributed by atoms with van der Waals surface area (Å²) in [5.41, 5.74) is 0.645. The van der Waals surface area contributed by atoms with Crippen molar-refractivity contribution in [2.75, 3.05) is 40.0 Å². The van der Waals surface area contributed by atoms with E-state index in [0.717, 1.165) is 50.2 Å². The number of nitrogens with one attached hydrogen (secondary N) is 1. The molecule has 1 saturated carbocycles. The first-order valence-corrected chi connectivity index (χ1v) is 14.6. The number of piperidine rings is 1. The van der Waals surface area contributed by atoms with Crippen LogP contribution >= 0.6 is 0 Å². The number of aliphatic hydroxyl groups is 2. The Morgan fingerprint density at radius 1 is 1.00 bits per heavy atom. The molecule has 1 aromatic carbocycles. The van der Waals surface area contributed by atoms with Crippen molar-refractivity contribution in [1.82, 2.24) is 10.2 Å². The van der Waals surface area contributed by atoms with Gasteiger partial charge >= 0.3 is 0 Å². The van der Waals surface area contributed by atoms with Crippen molar-refractivity contribution in [3.63, 3.8) is 0 Å². The number of rotatable bonds is 7. The van der Waals surface area contributed by atoms with Gasteiger partial charge in [0.1, 0.15) is 11.9 Å². The zero-order chi connectivity index (χ0) is 25.0. The third-order valence-corrected chi connectivity index (χ3v) is 10.1. The number of hydrogen-bond donors (Lipinski definition) is 3. The summed E-state index contributed by atoms with van der Waals surface area (Å²) in [6.45, 7) is 3.86. The Morgan fingerprint density at radius 3 is 2.42 bits per heavy atom. The quantitative estimate of drug-likeness (QED) is 0.523. The van der Waals surface area contributed by atoms with Gasteiger partial charge in [0.15, 0.2) is 0 Å². The smallest absolute Gasteiger partial charge is 0.118 e. The molecule has 3 aliphatic heterocycles. The molecule has 0 aromatic heterocycles. The monoisotopic (exact) mass is 500 g/mol. The summed E-state index contributed by atoms with van der Waals surface area (Å²) in [5, 5.41) is 25.9. The van der Waals surface area contributed by atoms with Crippen LogP contribution in [0.15, 0.2) is 24.3 Å². The van der Waals surface area contributed by atoms with Crippen LogP contribution in [0.4, 0.5) is 0 Å². The van der Waals surface area contributed by atoms with Crippen molar-refractivity contribution in [1.29, 1.82) is 0 Å². The van der Waals surface area contributed by atoms with E-state index in [0.29, 0.717) is 18.4 Å². The predicted octanol–water partition coefficient (Wildman–Crippen LogP) is 4.13. The highest BCUT2D eigenvalue weighted by Crippen LogP contribution is 2.59. The molecule has 1 aromatic rings. The van der Waals surface area contributed by atoms with Gasteiger partial charge in [-0.2, -0.15) is 0 Å². The van der Waals surface area contributed by atoms with Crippen LogP contribution in [0.2, 0.25) is 0 Å². The van der Waals surface area contributed by atoms with Crippen molar-refractivity contribution in [3.05, 3.63) is 29.8 Å². The van der Waals surface area contributed by atoms with E-state index in [1.54, 1.807) is 7.11 Å². The predicted molar refractivity (Wildman–Crippen MR) is 142 cm³/mol. The SMILES string of the molecule is COc1ccc(CO[C@H](CO)[C@]23NC[C@@H]4C[C@@]5(CO)CCCCCCCCCCN(CC[C@@H]42)[C@@H]53)cc1. The highest BCUT2D eigenvalue weighted by atomic mass is 16.5. The van der Waals surface area contributed by atoms with Gasteiger partial charge in [-0.05, 0) is 74.8 Å². The molecule has 3 N–H and O–H groups in total. The average Bonchev–Trinajstić information content (AvgIpc) is 3.20. The molecule has 0 amide bonds.